The molecular weight excluding hydrogens is 346 g/mol. The van der Waals surface area contributed by atoms with Gasteiger partial charge in [-0.25, -0.2) is 0 Å². The molecule has 0 saturated heterocycles. The van der Waals surface area contributed by atoms with Crippen LogP contribution in [0.1, 0.15) is 17.5 Å². The first-order valence-corrected chi connectivity index (χ1v) is 8.71. The van der Waals surface area contributed by atoms with Crippen LogP contribution in [0.4, 0.5) is 0 Å². The fourth-order valence-electron chi connectivity index (χ4n) is 2.83. The van der Waals surface area contributed by atoms with Gasteiger partial charge in [-0.3, -0.25) is 9.59 Å². The number of carboxylic acid groups (broad SMARTS) is 1. The topological polar surface area (TPSA) is 84.9 Å². The van der Waals surface area contributed by atoms with Crippen LogP contribution >= 0.6 is 0 Å². The normalized spacial score (nSPS) is 16.6. The molecule has 0 bridgehead atoms. The van der Waals surface area contributed by atoms with Gasteiger partial charge < -0.3 is 19.9 Å². The number of carboxylic acids is 1. The first-order valence-electron chi connectivity index (χ1n) is 8.71. The number of rotatable bonds is 8. The minimum atomic E-state index is -1.03. The summed E-state index contributed by atoms with van der Waals surface area (Å²) in [6, 6.07) is 18.2. The number of carbonyl (C=O) groups is 2. The first-order chi connectivity index (χ1) is 13.1. The smallest absolute Gasteiger partial charge is 0.305 e. The van der Waals surface area contributed by atoms with Gasteiger partial charge in [0.2, 0.25) is 12.2 Å². The summed E-state index contributed by atoms with van der Waals surface area (Å²) in [4.78, 5) is 23.5. The van der Waals surface area contributed by atoms with Gasteiger partial charge in [0.15, 0.2) is 5.76 Å². The predicted molar refractivity (Wildman–Crippen MR) is 98.5 cm³/mol. The number of hydrogen-bond acceptors (Lipinski definition) is 4. The maximum atomic E-state index is 12.3. The summed E-state index contributed by atoms with van der Waals surface area (Å²) < 4.78 is 11.2. The molecule has 3 rings (SSSR count). The SMILES string of the molecule is O=C(O)CC(NC(=O)Cc1ccccc1)C1=COC(Cc2ccccc2)O1. The lowest BCUT2D eigenvalue weighted by Gasteiger charge is -2.19. The van der Waals surface area contributed by atoms with Gasteiger partial charge in [-0.05, 0) is 11.1 Å². The van der Waals surface area contributed by atoms with Crippen LogP contribution in [0, 0.1) is 0 Å². The van der Waals surface area contributed by atoms with Crippen LogP contribution in [0.2, 0.25) is 0 Å². The fraction of sp³-hybridized carbons (Fsp3) is 0.238. The highest BCUT2D eigenvalue weighted by Gasteiger charge is 2.29. The monoisotopic (exact) mass is 367 g/mol. The Morgan fingerprint density at radius 3 is 2.26 bits per heavy atom. The number of benzene rings is 2. The van der Waals surface area contributed by atoms with Crippen molar-refractivity contribution in [2.24, 2.45) is 0 Å². The van der Waals surface area contributed by atoms with Gasteiger partial charge in [-0.1, -0.05) is 60.7 Å². The maximum absolute atomic E-state index is 12.3. The van der Waals surface area contributed by atoms with Crippen molar-refractivity contribution in [2.45, 2.75) is 31.6 Å². The molecule has 140 valence electrons. The van der Waals surface area contributed by atoms with Crippen LogP contribution in [-0.2, 0) is 31.9 Å². The second-order valence-electron chi connectivity index (χ2n) is 6.27. The van der Waals surface area contributed by atoms with Crippen molar-refractivity contribution in [3.8, 4) is 0 Å². The summed E-state index contributed by atoms with van der Waals surface area (Å²) >= 11 is 0. The number of aliphatic carboxylic acids is 1. The molecule has 6 nitrogen and oxygen atoms in total. The van der Waals surface area contributed by atoms with Crippen molar-refractivity contribution >= 4 is 11.9 Å². The third-order valence-electron chi connectivity index (χ3n) is 4.11. The van der Waals surface area contributed by atoms with E-state index < -0.39 is 18.3 Å². The molecule has 0 radical (unpaired) electrons. The van der Waals surface area contributed by atoms with Crippen molar-refractivity contribution in [3.63, 3.8) is 0 Å². The second kappa shape index (κ2) is 8.89. The molecule has 2 N–H and O–H groups in total. The van der Waals surface area contributed by atoms with Gasteiger partial charge in [0.1, 0.15) is 12.3 Å². The molecule has 6 heteroatoms. The van der Waals surface area contributed by atoms with Crippen molar-refractivity contribution in [2.75, 3.05) is 0 Å². The highest BCUT2D eigenvalue weighted by Crippen LogP contribution is 2.22. The zero-order chi connectivity index (χ0) is 19.1. The van der Waals surface area contributed by atoms with E-state index in [-0.39, 0.29) is 18.7 Å². The van der Waals surface area contributed by atoms with Crippen LogP contribution in [0.25, 0.3) is 0 Å². The number of carbonyl (C=O) groups excluding carboxylic acids is 1. The molecule has 1 amide bonds. The number of hydrogen-bond donors (Lipinski definition) is 2. The maximum Gasteiger partial charge on any atom is 0.305 e. The van der Waals surface area contributed by atoms with Crippen molar-refractivity contribution in [3.05, 3.63) is 83.8 Å². The van der Waals surface area contributed by atoms with E-state index in [0.717, 1.165) is 11.1 Å². The number of amides is 1. The molecule has 1 aliphatic rings. The minimum absolute atomic E-state index is 0.165. The first kappa shape index (κ1) is 18.5. The Morgan fingerprint density at radius 2 is 1.63 bits per heavy atom. The molecule has 2 aromatic carbocycles. The van der Waals surface area contributed by atoms with E-state index in [1.807, 2.05) is 60.7 Å². The van der Waals surface area contributed by atoms with Gasteiger partial charge in [0.05, 0.1) is 12.8 Å². The Labute approximate surface area is 157 Å². The minimum Gasteiger partial charge on any atom is -0.481 e. The second-order valence-corrected chi connectivity index (χ2v) is 6.27. The summed E-state index contributed by atoms with van der Waals surface area (Å²) in [6.45, 7) is 0. The average molecular weight is 367 g/mol. The summed E-state index contributed by atoms with van der Waals surface area (Å²) in [5.41, 5.74) is 1.89. The summed E-state index contributed by atoms with van der Waals surface area (Å²) in [5.74, 6) is -0.987. The fourth-order valence-corrected chi connectivity index (χ4v) is 2.83. The standard InChI is InChI=1S/C21H21NO5/c23-19(11-15-7-3-1-4-8-15)22-17(13-20(24)25)18-14-26-21(27-18)12-16-9-5-2-6-10-16/h1-10,14,17,21H,11-13H2,(H,22,23)(H,24,25). The van der Waals surface area contributed by atoms with Crippen molar-refractivity contribution in [1.29, 1.82) is 0 Å². The molecule has 0 spiro atoms. The molecule has 1 aliphatic heterocycles. The molecule has 0 aliphatic carbocycles. The molecule has 1 heterocycles. The Morgan fingerprint density at radius 1 is 1.00 bits per heavy atom. The van der Waals surface area contributed by atoms with Crippen LogP contribution in [-0.4, -0.2) is 29.3 Å². The van der Waals surface area contributed by atoms with Gasteiger partial charge in [-0.15, -0.1) is 0 Å². The highest BCUT2D eigenvalue weighted by molar-refractivity contribution is 5.80. The molecule has 0 saturated carbocycles. The summed E-state index contributed by atoms with van der Waals surface area (Å²) in [6.07, 6.45) is 1.26. The Balaban J connectivity index is 1.59. The van der Waals surface area contributed by atoms with Crippen molar-refractivity contribution in [1.82, 2.24) is 5.32 Å². The lowest BCUT2D eigenvalue weighted by Crippen LogP contribution is -2.39. The zero-order valence-electron chi connectivity index (χ0n) is 14.7. The lowest BCUT2D eigenvalue weighted by molar-refractivity contribution is -0.138. The number of ether oxygens (including phenoxy) is 2. The third-order valence-corrected chi connectivity index (χ3v) is 4.11. The molecule has 2 atom stereocenters. The lowest BCUT2D eigenvalue weighted by atomic mass is 10.1. The van der Waals surface area contributed by atoms with E-state index >= 15 is 0 Å². The zero-order valence-corrected chi connectivity index (χ0v) is 14.7. The average Bonchev–Trinajstić information content (AvgIpc) is 3.11. The van der Waals surface area contributed by atoms with Gasteiger partial charge in [0.25, 0.3) is 0 Å². The van der Waals surface area contributed by atoms with Crippen molar-refractivity contribution < 1.29 is 24.2 Å². The largest absolute Gasteiger partial charge is 0.481 e. The van der Waals surface area contributed by atoms with E-state index in [2.05, 4.69) is 5.32 Å². The molecule has 2 aromatic rings. The Kier molecular flexibility index (Phi) is 6.10. The van der Waals surface area contributed by atoms with E-state index in [9.17, 15) is 14.7 Å². The molecule has 0 fully saturated rings. The van der Waals surface area contributed by atoms with Crippen LogP contribution in [0.15, 0.2) is 72.7 Å². The Hall–Kier alpha value is -3.28. The van der Waals surface area contributed by atoms with E-state index in [0.29, 0.717) is 12.2 Å². The highest BCUT2D eigenvalue weighted by atomic mass is 16.7. The third kappa shape index (κ3) is 5.60. The van der Waals surface area contributed by atoms with Crippen LogP contribution in [0.5, 0.6) is 0 Å². The summed E-state index contributed by atoms with van der Waals surface area (Å²) in [5, 5.41) is 11.9. The Bertz CT molecular complexity index is 804. The number of nitrogens with one attached hydrogen (secondary N) is 1. The van der Waals surface area contributed by atoms with E-state index in [4.69, 9.17) is 9.47 Å². The molecular formula is C21H21NO5. The predicted octanol–water partition coefficient (Wildman–Crippen LogP) is 2.65. The van der Waals surface area contributed by atoms with Gasteiger partial charge >= 0.3 is 5.97 Å². The van der Waals surface area contributed by atoms with Gasteiger partial charge in [0, 0.05) is 6.42 Å². The van der Waals surface area contributed by atoms with Gasteiger partial charge in [-0.2, -0.15) is 0 Å². The van der Waals surface area contributed by atoms with Crippen LogP contribution < -0.4 is 5.32 Å². The van der Waals surface area contributed by atoms with E-state index in [1.54, 1.807) is 0 Å². The summed E-state index contributed by atoms with van der Waals surface area (Å²) in [7, 11) is 0. The quantitative estimate of drug-likeness (QED) is 0.749. The van der Waals surface area contributed by atoms with Crippen LogP contribution in [0.3, 0.4) is 0 Å². The molecule has 27 heavy (non-hydrogen) atoms. The van der Waals surface area contributed by atoms with E-state index in [1.165, 1.54) is 6.26 Å². The molecule has 2 unspecified atom stereocenters. The molecule has 0 aromatic heterocycles.